The second-order valence-corrected chi connectivity index (χ2v) is 8.92. The summed E-state index contributed by atoms with van der Waals surface area (Å²) in [5.41, 5.74) is 0.569. The molecular formula is C31H24O10. The first-order valence-corrected chi connectivity index (χ1v) is 12.6. The number of methoxy groups -OCH3 is 1. The van der Waals surface area contributed by atoms with Gasteiger partial charge in [0.25, 0.3) is 0 Å². The molecule has 0 fully saturated rings. The van der Waals surface area contributed by atoms with Crippen LogP contribution in [0.5, 0.6) is 17.2 Å². The lowest BCUT2D eigenvalue weighted by Gasteiger charge is -2.11. The Balaban J connectivity index is 1.56. The van der Waals surface area contributed by atoms with Gasteiger partial charge in [-0.3, -0.25) is 9.59 Å². The molecule has 0 aliphatic carbocycles. The zero-order valence-electron chi connectivity index (χ0n) is 22.6. The lowest BCUT2D eigenvalue weighted by atomic mass is 10.0. The minimum absolute atomic E-state index is 0.0199. The van der Waals surface area contributed by atoms with Gasteiger partial charge in [0, 0.05) is 18.4 Å². The first-order chi connectivity index (χ1) is 19.7. The van der Waals surface area contributed by atoms with Crippen LogP contribution in [0, 0.1) is 6.92 Å². The van der Waals surface area contributed by atoms with Crippen LogP contribution in [0.15, 0.2) is 74.3 Å². The summed E-state index contributed by atoms with van der Waals surface area (Å²) in [6, 6.07) is 15.5. The first-order valence-electron chi connectivity index (χ1n) is 12.6. The number of fused-ring (bicyclic) bond motifs is 2. The van der Waals surface area contributed by atoms with Crippen molar-refractivity contribution in [2.24, 2.45) is 0 Å². The van der Waals surface area contributed by atoms with Crippen molar-refractivity contribution >= 4 is 39.8 Å². The molecule has 2 heterocycles. The Bertz CT molecular complexity index is 1880. The number of hydrogen-bond acceptors (Lipinski definition) is 10. The van der Waals surface area contributed by atoms with E-state index in [0.717, 1.165) is 0 Å². The summed E-state index contributed by atoms with van der Waals surface area (Å²) in [5.74, 6) is -1.19. The van der Waals surface area contributed by atoms with Crippen LogP contribution in [-0.4, -0.2) is 31.6 Å². The van der Waals surface area contributed by atoms with E-state index in [4.69, 9.17) is 27.8 Å². The topological polar surface area (TPSA) is 131 Å². The van der Waals surface area contributed by atoms with Crippen LogP contribution < -0.4 is 19.6 Å². The van der Waals surface area contributed by atoms with E-state index in [0.29, 0.717) is 28.0 Å². The predicted octanol–water partition coefficient (Wildman–Crippen LogP) is 5.84. The van der Waals surface area contributed by atoms with Gasteiger partial charge in [-0.15, -0.1) is 0 Å². The second-order valence-electron chi connectivity index (χ2n) is 8.92. The van der Waals surface area contributed by atoms with Gasteiger partial charge in [0.15, 0.2) is 0 Å². The summed E-state index contributed by atoms with van der Waals surface area (Å²) >= 11 is 0. The molecule has 5 rings (SSSR count). The molecule has 0 unspecified atom stereocenters. The highest BCUT2D eigenvalue weighted by atomic mass is 16.5. The maximum absolute atomic E-state index is 13.6. The lowest BCUT2D eigenvalue weighted by molar-refractivity contribution is -0.131. The quantitative estimate of drug-likeness (QED) is 0.178. The normalized spacial score (nSPS) is 10.9. The van der Waals surface area contributed by atoms with Crippen LogP contribution in [0.2, 0.25) is 0 Å². The third-order valence-electron chi connectivity index (χ3n) is 6.22. The molecule has 0 spiro atoms. The molecule has 0 radical (unpaired) electrons. The Morgan fingerprint density at radius 3 is 2.15 bits per heavy atom. The van der Waals surface area contributed by atoms with Gasteiger partial charge in [-0.1, -0.05) is 12.1 Å². The Morgan fingerprint density at radius 1 is 0.780 bits per heavy atom. The fraction of sp³-hybridized carbons (Fsp3) is 0.161. The number of esters is 3. The number of ether oxygens (including phenoxy) is 4. The highest BCUT2D eigenvalue weighted by Crippen LogP contribution is 2.32. The van der Waals surface area contributed by atoms with Gasteiger partial charge >= 0.3 is 17.9 Å². The molecule has 41 heavy (non-hydrogen) atoms. The lowest BCUT2D eigenvalue weighted by Crippen LogP contribution is -2.15. The van der Waals surface area contributed by atoms with E-state index in [1.165, 1.54) is 38.3 Å². The van der Waals surface area contributed by atoms with Crippen molar-refractivity contribution in [1.29, 1.82) is 0 Å². The van der Waals surface area contributed by atoms with Crippen molar-refractivity contribution in [2.75, 3.05) is 13.7 Å². The monoisotopic (exact) mass is 556 g/mol. The standard InChI is InChI=1S/C31H24O10/c1-5-37-31(35)29-27(18-6-8-19(36-4)9-7-18)28(33)22-12-10-21(15-25(22)41-29)40-30(34)26-16(2)38-24-13-11-20(14-23(24)26)39-17(3)32/h6-15H,5H2,1-4H3. The van der Waals surface area contributed by atoms with E-state index in [1.807, 2.05) is 0 Å². The molecule has 2 aromatic heterocycles. The van der Waals surface area contributed by atoms with E-state index >= 15 is 0 Å². The van der Waals surface area contributed by atoms with Crippen molar-refractivity contribution in [3.63, 3.8) is 0 Å². The summed E-state index contributed by atoms with van der Waals surface area (Å²) in [7, 11) is 1.52. The summed E-state index contributed by atoms with van der Waals surface area (Å²) in [5, 5.41) is 0.562. The molecule has 3 aromatic carbocycles. The minimum Gasteiger partial charge on any atom is -0.497 e. The average Bonchev–Trinajstić information content (AvgIpc) is 3.27. The molecular weight excluding hydrogens is 532 g/mol. The van der Waals surface area contributed by atoms with Crippen LogP contribution in [0.4, 0.5) is 0 Å². The number of carbonyl (C=O) groups excluding carboxylic acids is 3. The molecule has 0 atom stereocenters. The number of aryl methyl sites for hydroxylation is 1. The van der Waals surface area contributed by atoms with Crippen LogP contribution in [-0.2, 0) is 9.53 Å². The van der Waals surface area contributed by atoms with Crippen molar-refractivity contribution in [2.45, 2.75) is 20.8 Å². The van der Waals surface area contributed by atoms with Crippen LogP contribution in [0.3, 0.4) is 0 Å². The first kappa shape index (κ1) is 27.2. The zero-order valence-corrected chi connectivity index (χ0v) is 22.6. The third-order valence-corrected chi connectivity index (χ3v) is 6.22. The van der Waals surface area contributed by atoms with E-state index in [1.54, 1.807) is 50.2 Å². The number of furan rings is 1. The number of carbonyl (C=O) groups is 3. The predicted molar refractivity (Wildman–Crippen MR) is 148 cm³/mol. The maximum atomic E-state index is 13.6. The molecule has 5 aromatic rings. The van der Waals surface area contributed by atoms with Gasteiger partial charge in [0.2, 0.25) is 11.2 Å². The Labute approximate surface area is 233 Å². The van der Waals surface area contributed by atoms with E-state index in [9.17, 15) is 19.2 Å². The molecule has 0 saturated heterocycles. The number of rotatable bonds is 7. The summed E-state index contributed by atoms with van der Waals surface area (Å²) in [6.45, 7) is 4.58. The van der Waals surface area contributed by atoms with Crippen molar-refractivity contribution in [3.8, 4) is 28.4 Å². The number of benzene rings is 3. The smallest absolute Gasteiger partial charge is 0.375 e. The molecule has 10 heteroatoms. The molecule has 208 valence electrons. The van der Waals surface area contributed by atoms with Crippen molar-refractivity contribution in [3.05, 3.63) is 88.0 Å². The third kappa shape index (κ3) is 5.27. The van der Waals surface area contributed by atoms with Gasteiger partial charge in [-0.05, 0) is 61.9 Å². The highest BCUT2D eigenvalue weighted by molar-refractivity contribution is 6.06. The SMILES string of the molecule is CCOC(=O)c1oc2cc(OC(=O)c3c(C)oc4ccc(OC(C)=O)cc34)ccc2c(=O)c1-c1ccc(OC)cc1. The second kappa shape index (κ2) is 11.0. The molecule has 0 aliphatic rings. The van der Waals surface area contributed by atoms with Crippen LogP contribution in [0.25, 0.3) is 33.1 Å². The Morgan fingerprint density at radius 2 is 1.46 bits per heavy atom. The van der Waals surface area contributed by atoms with Gasteiger partial charge in [0.1, 0.15) is 39.7 Å². The Hall–Kier alpha value is -5.38. The molecule has 0 amide bonds. The van der Waals surface area contributed by atoms with E-state index in [2.05, 4.69) is 0 Å². The highest BCUT2D eigenvalue weighted by Gasteiger charge is 2.25. The minimum atomic E-state index is -0.816. The average molecular weight is 557 g/mol. The van der Waals surface area contributed by atoms with Gasteiger partial charge in [0.05, 0.1) is 24.7 Å². The molecule has 0 saturated carbocycles. The fourth-order valence-corrected chi connectivity index (χ4v) is 4.44. The van der Waals surface area contributed by atoms with Gasteiger partial charge in [-0.25, -0.2) is 9.59 Å². The van der Waals surface area contributed by atoms with Crippen LogP contribution in [0.1, 0.15) is 40.5 Å². The van der Waals surface area contributed by atoms with E-state index in [-0.39, 0.29) is 46.0 Å². The molecule has 0 N–H and O–H groups in total. The van der Waals surface area contributed by atoms with Crippen molar-refractivity contribution < 1.29 is 42.2 Å². The molecule has 0 bridgehead atoms. The summed E-state index contributed by atoms with van der Waals surface area (Å²) < 4.78 is 32.6. The van der Waals surface area contributed by atoms with Gasteiger partial charge in [-0.2, -0.15) is 0 Å². The Kier molecular flexibility index (Phi) is 7.30. The van der Waals surface area contributed by atoms with Crippen LogP contribution >= 0.6 is 0 Å². The zero-order chi connectivity index (χ0) is 29.3. The van der Waals surface area contributed by atoms with Gasteiger partial charge < -0.3 is 27.8 Å². The number of hydrogen-bond donors (Lipinski definition) is 0. The largest absolute Gasteiger partial charge is 0.497 e. The van der Waals surface area contributed by atoms with Crippen molar-refractivity contribution in [1.82, 2.24) is 0 Å². The maximum Gasteiger partial charge on any atom is 0.375 e. The van der Waals surface area contributed by atoms with E-state index < -0.39 is 23.3 Å². The molecule has 10 nitrogen and oxygen atoms in total. The summed E-state index contributed by atoms with van der Waals surface area (Å²) in [4.78, 5) is 51.0. The summed E-state index contributed by atoms with van der Waals surface area (Å²) in [6.07, 6.45) is 0. The molecule has 0 aliphatic heterocycles. The fourth-order valence-electron chi connectivity index (χ4n) is 4.44.